The summed E-state index contributed by atoms with van der Waals surface area (Å²) in [6.07, 6.45) is 0. The monoisotopic (exact) mass is 274 g/mol. The fourth-order valence-electron chi connectivity index (χ4n) is 2.12. The van der Waals surface area contributed by atoms with Crippen LogP contribution in [0.3, 0.4) is 0 Å². The second-order valence-corrected chi connectivity index (χ2v) is 5.37. The molecule has 0 aliphatic rings. The lowest BCUT2D eigenvalue weighted by molar-refractivity contribution is 1.08. The first-order valence-electron chi connectivity index (χ1n) is 6.41. The molecule has 0 radical (unpaired) electrons. The minimum atomic E-state index is 0.533. The van der Waals surface area contributed by atoms with Crippen LogP contribution in [0.2, 0.25) is 5.15 Å². The fraction of sp³-hybridized carbons (Fsp3) is 0.312. The van der Waals surface area contributed by atoms with Crippen molar-refractivity contribution < 1.29 is 0 Å². The van der Waals surface area contributed by atoms with Gasteiger partial charge in [-0.3, -0.25) is 0 Å². The predicted octanol–water partition coefficient (Wildman–Crippen LogP) is 4.58. The van der Waals surface area contributed by atoms with Crippen molar-refractivity contribution >= 4 is 17.3 Å². The molecule has 0 saturated carbocycles. The number of nitrogens with one attached hydrogen (secondary N) is 1. The Morgan fingerprint density at radius 2 is 1.68 bits per heavy atom. The summed E-state index contributed by atoms with van der Waals surface area (Å²) in [5, 5.41) is 3.96. The molecule has 0 spiro atoms. The number of aromatic nitrogens is 1. The fourth-order valence-corrected chi connectivity index (χ4v) is 2.31. The summed E-state index contributed by atoms with van der Waals surface area (Å²) < 4.78 is 0. The summed E-state index contributed by atoms with van der Waals surface area (Å²) >= 11 is 5.86. The highest BCUT2D eigenvalue weighted by atomic mass is 35.5. The molecule has 0 aliphatic heterocycles. The van der Waals surface area contributed by atoms with E-state index < -0.39 is 0 Å². The maximum Gasteiger partial charge on any atom is 0.129 e. The van der Waals surface area contributed by atoms with Crippen molar-refractivity contribution in [2.24, 2.45) is 0 Å². The van der Waals surface area contributed by atoms with Crippen molar-refractivity contribution in [3.8, 4) is 0 Å². The van der Waals surface area contributed by atoms with Crippen LogP contribution in [0.15, 0.2) is 24.3 Å². The molecule has 0 amide bonds. The molecule has 0 fully saturated rings. The molecular weight excluding hydrogens is 256 g/mol. The number of benzene rings is 1. The van der Waals surface area contributed by atoms with Crippen LogP contribution in [0.4, 0.5) is 5.69 Å². The van der Waals surface area contributed by atoms with Gasteiger partial charge in [0.1, 0.15) is 5.15 Å². The highest BCUT2D eigenvalue weighted by Gasteiger charge is 2.04. The van der Waals surface area contributed by atoms with Crippen LogP contribution < -0.4 is 5.32 Å². The Labute approximate surface area is 119 Å². The van der Waals surface area contributed by atoms with Crippen LogP contribution >= 0.6 is 11.6 Å². The summed E-state index contributed by atoms with van der Waals surface area (Å²) in [5.74, 6) is 0. The zero-order valence-electron chi connectivity index (χ0n) is 11.8. The minimum Gasteiger partial charge on any atom is -0.379 e. The van der Waals surface area contributed by atoms with E-state index in [1.165, 1.54) is 22.3 Å². The first-order chi connectivity index (χ1) is 8.97. The maximum absolute atomic E-state index is 5.86. The highest BCUT2D eigenvalue weighted by molar-refractivity contribution is 6.29. The van der Waals surface area contributed by atoms with E-state index in [0.29, 0.717) is 5.15 Å². The Morgan fingerprint density at radius 1 is 1.00 bits per heavy atom. The lowest BCUT2D eigenvalue weighted by Gasteiger charge is -2.13. The predicted molar refractivity (Wildman–Crippen MR) is 82.0 cm³/mol. The van der Waals surface area contributed by atoms with Crippen LogP contribution in [-0.4, -0.2) is 4.98 Å². The molecule has 3 heteroatoms. The molecule has 0 aliphatic carbocycles. The van der Waals surface area contributed by atoms with E-state index in [1.54, 1.807) is 0 Å². The van der Waals surface area contributed by atoms with Crippen LogP contribution in [0, 0.1) is 27.7 Å². The third-order valence-electron chi connectivity index (χ3n) is 3.47. The second kappa shape index (κ2) is 5.62. The number of halogens is 1. The van der Waals surface area contributed by atoms with E-state index in [2.05, 4.69) is 43.2 Å². The van der Waals surface area contributed by atoms with Gasteiger partial charge in [0.25, 0.3) is 0 Å². The Bertz CT molecular complexity index is 606. The van der Waals surface area contributed by atoms with Crippen LogP contribution in [0.25, 0.3) is 0 Å². The van der Waals surface area contributed by atoms with Crippen LogP contribution in [-0.2, 0) is 6.54 Å². The van der Waals surface area contributed by atoms with Gasteiger partial charge in [0.05, 0.1) is 11.4 Å². The van der Waals surface area contributed by atoms with Crippen LogP contribution in [0.5, 0.6) is 0 Å². The Balaban J connectivity index is 2.16. The van der Waals surface area contributed by atoms with Crippen molar-refractivity contribution in [1.82, 2.24) is 4.98 Å². The topological polar surface area (TPSA) is 24.9 Å². The van der Waals surface area contributed by atoms with Crippen molar-refractivity contribution in [3.05, 3.63) is 57.4 Å². The summed E-state index contributed by atoms with van der Waals surface area (Å²) in [5.41, 5.74) is 7.25. The van der Waals surface area contributed by atoms with Gasteiger partial charge in [-0.2, -0.15) is 0 Å². The van der Waals surface area contributed by atoms with Crippen molar-refractivity contribution in [3.63, 3.8) is 0 Å². The summed E-state index contributed by atoms with van der Waals surface area (Å²) in [7, 11) is 0. The first kappa shape index (κ1) is 13.9. The number of anilines is 1. The third-order valence-corrected chi connectivity index (χ3v) is 3.68. The number of hydrogen-bond acceptors (Lipinski definition) is 2. The van der Waals surface area contributed by atoms with Crippen molar-refractivity contribution in [2.45, 2.75) is 34.2 Å². The molecule has 1 aromatic carbocycles. The van der Waals surface area contributed by atoms with E-state index >= 15 is 0 Å². The number of pyridine rings is 1. The molecular formula is C16H19ClN2. The molecule has 100 valence electrons. The number of nitrogens with zero attached hydrogens (tertiary/aromatic N) is 1. The molecule has 0 atom stereocenters. The quantitative estimate of drug-likeness (QED) is 0.829. The number of hydrogen-bond donors (Lipinski definition) is 1. The summed E-state index contributed by atoms with van der Waals surface area (Å²) in [4.78, 5) is 4.24. The standard InChI is InChI=1S/C16H19ClN2/c1-10-7-12(3)14(8-11(10)2)9-18-15-5-6-16(17)19-13(15)4/h5-8,18H,9H2,1-4H3. The van der Waals surface area contributed by atoms with E-state index in [1.807, 2.05) is 19.1 Å². The molecule has 1 heterocycles. The Morgan fingerprint density at radius 3 is 2.37 bits per heavy atom. The van der Waals surface area contributed by atoms with Gasteiger partial charge >= 0.3 is 0 Å². The van der Waals surface area contributed by atoms with Crippen molar-refractivity contribution in [1.29, 1.82) is 0 Å². The average molecular weight is 275 g/mol. The van der Waals surface area contributed by atoms with Gasteiger partial charge in [0, 0.05) is 6.54 Å². The maximum atomic E-state index is 5.86. The van der Waals surface area contributed by atoms with Gasteiger partial charge in [0.2, 0.25) is 0 Å². The van der Waals surface area contributed by atoms with Gasteiger partial charge in [-0.05, 0) is 62.1 Å². The van der Waals surface area contributed by atoms with Gasteiger partial charge < -0.3 is 5.32 Å². The molecule has 2 aromatic rings. The Kier molecular flexibility index (Phi) is 4.11. The lowest BCUT2D eigenvalue weighted by atomic mass is 10.0. The normalized spacial score (nSPS) is 10.6. The largest absolute Gasteiger partial charge is 0.379 e. The molecule has 1 N–H and O–H groups in total. The summed E-state index contributed by atoms with van der Waals surface area (Å²) in [6, 6.07) is 8.26. The van der Waals surface area contributed by atoms with E-state index in [-0.39, 0.29) is 0 Å². The molecule has 0 unspecified atom stereocenters. The molecule has 1 aromatic heterocycles. The number of aryl methyl sites for hydroxylation is 4. The van der Waals surface area contributed by atoms with Gasteiger partial charge in [-0.1, -0.05) is 23.7 Å². The van der Waals surface area contributed by atoms with Gasteiger partial charge in [-0.15, -0.1) is 0 Å². The second-order valence-electron chi connectivity index (χ2n) is 4.98. The smallest absolute Gasteiger partial charge is 0.129 e. The zero-order chi connectivity index (χ0) is 14.0. The van der Waals surface area contributed by atoms with Gasteiger partial charge in [-0.25, -0.2) is 4.98 Å². The molecule has 0 bridgehead atoms. The number of rotatable bonds is 3. The third kappa shape index (κ3) is 3.27. The van der Waals surface area contributed by atoms with Gasteiger partial charge in [0.15, 0.2) is 0 Å². The zero-order valence-corrected chi connectivity index (χ0v) is 12.6. The molecule has 2 rings (SSSR count). The minimum absolute atomic E-state index is 0.533. The SMILES string of the molecule is Cc1cc(C)c(CNc2ccc(Cl)nc2C)cc1C. The highest BCUT2D eigenvalue weighted by Crippen LogP contribution is 2.19. The lowest BCUT2D eigenvalue weighted by Crippen LogP contribution is -2.04. The molecule has 2 nitrogen and oxygen atoms in total. The van der Waals surface area contributed by atoms with E-state index in [0.717, 1.165) is 17.9 Å². The van der Waals surface area contributed by atoms with E-state index in [9.17, 15) is 0 Å². The van der Waals surface area contributed by atoms with Crippen molar-refractivity contribution in [2.75, 3.05) is 5.32 Å². The van der Waals surface area contributed by atoms with Crippen LogP contribution in [0.1, 0.15) is 27.9 Å². The average Bonchev–Trinajstić information content (AvgIpc) is 2.34. The van der Waals surface area contributed by atoms with E-state index in [4.69, 9.17) is 11.6 Å². The Hall–Kier alpha value is -1.54. The first-order valence-corrected chi connectivity index (χ1v) is 6.79. The summed E-state index contributed by atoms with van der Waals surface area (Å²) in [6.45, 7) is 9.20. The molecule has 0 saturated heterocycles. The molecule has 19 heavy (non-hydrogen) atoms.